The van der Waals surface area contributed by atoms with Crippen LogP contribution in [0.3, 0.4) is 0 Å². The molecule has 1 aliphatic rings. The zero-order valence-corrected chi connectivity index (χ0v) is 19.1. The Hall–Kier alpha value is -1.80. The Morgan fingerprint density at radius 3 is 2.67 bits per heavy atom. The Morgan fingerprint density at radius 2 is 2.00 bits per heavy atom. The van der Waals surface area contributed by atoms with Crippen molar-refractivity contribution in [3.63, 3.8) is 0 Å². The molecule has 1 heterocycles. The number of methoxy groups -OCH3 is 1. The van der Waals surface area contributed by atoms with E-state index in [1.54, 1.807) is 44.4 Å². The Balaban J connectivity index is 1.68. The lowest BCUT2D eigenvalue weighted by atomic mass is 9.99. The van der Waals surface area contributed by atoms with Gasteiger partial charge in [0.15, 0.2) is 0 Å². The Labute approximate surface area is 187 Å². The monoisotopic (exact) mass is 470 g/mol. The summed E-state index contributed by atoms with van der Waals surface area (Å²) in [6, 6.07) is 9.87. The fourth-order valence-electron chi connectivity index (χ4n) is 3.53. The van der Waals surface area contributed by atoms with Gasteiger partial charge in [-0.05, 0) is 61.2 Å². The number of nitrogens with one attached hydrogen (secondary N) is 1. The number of carbonyl (C=O) groups excluding carboxylic acids is 1. The summed E-state index contributed by atoms with van der Waals surface area (Å²) in [5.41, 5.74) is 1.49. The molecule has 162 valence electrons. The molecule has 0 radical (unpaired) electrons. The van der Waals surface area contributed by atoms with Gasteiger partial charge >= 0.3 is 0 Å². The number of piperidine rings is 1. The molecule has 3 rings (SSSR count). The molecule has 0 bridgehead atoms. The van der Waals surface area contributed by atoms with Crippen LogP contribution in [0.15, 0.2) is 41.3 Å². The van der Waals surface area contributed by atoms with Gasteiger partial charge in [-0.3, -0.25) is 4.79 Å². The first-order valence-electron chi connectivity index (χ1n) is 9.59. The van der Waals surface area contributed by atoms with Crippen molar-refractivity contribution in [2.75, 3.05) is 20.2 Å². The van der Waals surface area contributed by atoms with Crippen molar-refractivity contribution in [2.45, 2.75) is 31.2 Å². The number of halogens is 2. The van der Waals surface area contributed by atoms with Crippen molar-refractivity contribution in [3.05, 3.63) is 57.6 Å². The van der Waals surface area contributed by atoms with E-state index in [2.05, 4.69) is 5.32 Å². The SMILES string of the molecule is COc1ccc(S(=O)(=O)N2CCC[C@H](C(=O)NCc3ccc(Cl)cc3Cl)C2)cc1C. The van der Waals surface area contributed by atoms with E-state index in [9.17, 15) is 13.2 Å². The second-order valence-electron chi connectivity index (χ2n) is 7.29. The van der Waals surface area contributed by atoms with E-state index < -0.39 is 15.9 Å². The third-order valence-electron chi connectivity index (χ3n) is 5.23. The number of benzene rings is 2. The number of rotatable bonds is 6. The van der Waals surface area contributed by atoms with Crippen molar-refractivity contribution < 1.29 is 17.9 Å². The third-order valence-corrected chi connectivity index (χ3v) is 7.68. The molecule has 1 aliphatic heterocycles. The van der Waals surface area contributed by atoms with Crippen LogP contribution in [0.2, 0.25) is 10.0 Å². The highest BCUT2D eigenvalue weighted by molar-refractivity contribution is 7.89. The lowest BCUT2D eigenvalue weighted by molar-refractivity contribution is -0.126. The molecule has 1 saturated heterocycles. The van der Waals surface area contributed by atoms with E-state index in [4.69, 9.17) is 27.9 Å². The minimum absolute atomic E-state index is 0.146. The van der Waals surface area contributed by atoms with Crippen molar-refractivity contribution in [1.29, 1.82) is 0 Å². The highest BCUT2D eigenvalue weighted by atomic mass is 35.5. The van der Waals surface area contributed by atoms with Gasteiger partial charge in [-0.25, -0.2) is 8.42 Å². The summed E-state index contributed by atoms with van der Waals surface area (Å²) < 4.78 is 32.8. The number of nitrogens with zero attached hydrogens (tertiary/aromatic N) is 1. The molecule has 1 N–H and O–H groups in total. The highest BCUT2D eigenvalue weighted by Crippen LogP contribution is 2.27. The maximum atomic E-state index is 13.1. The van der Waals surface area contributed by atoms with Gasteiger partial charge in [0.2, 0.25) is 15.9 Å². The van der Waals surface area contributed by atoms with Gasteiger partial charge in [0.25, 0.3) is 0 Å². The van der Waals surface area contributed by atoms with Crippen LogP contribution in [0.1, 0.15) is 24.0 Å². The smallest absolute Gasteiger partial charge is 0.243 e. The highest BCUT2D eigenvalue weighted by Gasteiger charge is 2.33. The molecule has 1 atom stereocenters. The van der Waals surface area contributed by atoms with Gasteiger partial charge in [-0.2, -0.15) is 4.31 Å². The van der Waals surface area contributed by atoms with E-state index in [0.29, 0.717) is 35.2 Å². The summed E-state index contributed by atoms with van der Waals surface area (Å²) in [6.07, 6.45) is 1.25. The maximum Gasteiger partial charge on any atom is 0.243 e. The molecule has 2 aromatic rings. The normalized spacial score (nSPS) is 17.5. The van der Waals surface area contributed by atoms with Crippen LogP contribution in [0.5, 0.6) is 5.75 Å². The lowest BCUT2D eigenvalue weighted by Gasteiger charge is -2.31. The molecule has 0 aliphatic carbocycles. The fraction of sp³-hybridized carbons (Fsp3) is 0.381. The van der Waals surface area contributed by atoms with Crippen LogP contribution in [0.4, 0.5) is 0 Å². The molecule has 1 fully saturated rings. The van der Waals surface area contributed by atoms with Crippen molar-refractivity contribution in [2.24, 2.45) is 5.92 Å². The van der Waals surface area contributed by atoms with Crippen LogP contribution < -0.4 is 10.1 Å². The minimum Gasteiger partial charge on any atom is -0.496 e. The molecule has 0 saturated carbocycles. The lowest BCUT2D eigenvalue weighted by Crippen LogP contribution is -2.45. The average molecular weight is 471 g/mol. The molecule has 2 aromatic carbocycles. The molecule has 30 heavy (non-hydrogen) atoms. The molecule has 0 unspecified atom stereocenters. The van der Waals surface area contributed by atoms with Crippen LogP contribution in [-0.4, -0.2) is 38.8 Å². The topological polar surface area (TPSA) is 75.7 Å². The zero-order valence-electron chi connectivity index (χ0n) is 16.8. The predicted octanol–water partition coefficient (Wildman–Crippen LogP) is 4.03. The Morgan fingerprint density at radius 1 is 1.23 bits per heavy atom. The summed E-state index contributed by atoms with van der Waals surface area (Å²) in [4.78, 5) is 12.9. The summed E-state index contributed by atoms with van der Waals surface area (Å²) >= 11 is 12.0. The number of ether oxygens (including phenoxy) is 1. The molecular formula is C21H24Cl2N2O4S. The first kappa shape index (κ1) is 22.9. The van der Waals surface area contributed by atoms with Gasteiger partial charge in [-0.15, -0.1) is 0 Å². The van der Waals surface area contributed by atoms with Gasteiger partial charge < -0.3 is 10.1 Å². The number of hydrogen-bond donors (Lipinski definition) is 1. The molecule has 1 amide bonds. The number of sulfonamides is 1. The second-order valence-corrected chi connectivity index (χ2v) is 10.1. The van der Waals surface area contributed by atoms with E-state index in [0.717, 1.165) is 11.1 Å². The van der Waals surface area contributed by atoms with Crippen LogP contribution in [0.25, 0.3) is 0 Å². The summed E-state index contributed by atoms with van der Waals surface area (Å²) in [7, 11) is -2.15. The van der Waals surface area contributed by atoms with E-state index in [1.807, 2.05) is 0 Å². The molecule has 0 aromatic heterocycles. The first-order valence-corrected chi connectivity index (χ1v) is 11.8. The molecular weight excluding hydrogens is 447 g/mol. The molecule has 6 nitrogen and oxygen atoms in total. The summed E-state index contributed by atoms with van der Waals surface area (Å²) in [6.45, 7) is 2.59. The largest absolute Gasteiger partial charge is 0.496 e. The zero-order chi connectivity index (χ0) is 21.9. The second kappa shape index (κ2) is 9.56. The van der Waals surface area contributed by atoms with Gasteiger partial charge in [-0.1, -0.05) is 29.3 Å². The van der Waals surface area contributed by atoms with E-state index in [-0.39, 0.29) is 23.9 Å². The Bertz CT molecular complexity index is 1040. The molecule has 9 heteroatoms. The first-order chi connectivity index (χ1) is 14.2. The Kier molecular flexibility index (Phi) is 7.29. The number of hydrogen-bond acceptors (Lipinski definition) is 4. The van der Waals surface area contributed by atoms with Gasteiger partial charge in [0.05, 0.1) is 17.9 Å². The number of carbonyl (C=O) groups is 1. The summed E-state index contributed by atoms with van der Waals surface area (Å²) in [5, 5.41) is 3.86. The quantitative estimate of drug-likeness (QED) is 0.691. The van der Waals surface area contributed by atoms with Gasteiger partial charge in [0.1, 0.15) is 5.75 Å². The summed E-state index contributed by atoms with van der Waals surface area (Å²) in [5.74, 6) is 0.0245. The van der Waals surface area contributed by atoms with Crippen LogP contribution >= 0.6 is 23.2 Å². The average Bonchev–Trinajstić information content (AvgIpc) is 2.73. The minimum atomic E-state index is -3.69. The van der Waals surface area contributed by atoms with Crippen LogP contribution in [0, 0.1) is 12.8 Å². The van der Waals surface area contributed by atoms with Crippen molar-refractivity contribution in [1.82, 2.24) is 9.62 Å². The predicted molar refractivity (Wildman–Crippen MR) is 118 cm³/mol. The van der Waals surface area contributed by atoms with E-state index in [1.165, 1.54) is 10.4 Å². The number of aryl methyl sites for hydroxylation is 1. The van der Waals surface area contributed by atoms with Crippen LogP contribution in [-0.2, 0) is 21.4 Å². The van der Waals surface area contributed by atoms with Crippen molar-refractivity contribution >= 4 is 39.1 Å². The standard InChI is InChI=1S/C21H24Cl2N2O4S/c1-14-10-18(7-8-20(14)29-2)30(27,28)25-9-3-4-16(13-25)21(26)24-12-15-5-6-17(22)11-19(15)23/h5-8,10-11,16H,3-4,9,12-13H2,1-2H3,(H,24,26)/t16-/m0/s1. The fourth-order valence-corrected chi connectivity index (χ4v) is 5.61. The van der Waals surface area contributed by atoms with E-state index >= 15 is 0 Å². The van der Waals surface area contributed by atoms with Gasteiger partial charge in [0, 0.05) is 29.7 Å². The molecule has 0 spiro atoms. The maximum absolute atomic E-state index is 13.1. The van der Waals surface area contributed by atoms with Crippen molar-refractivity contribution in [3.8, 4) is 5.75 Å². The third kappa shape index (κ3) is 5.09. The number of amides is 1.